The van der Waals surface area contributed by atoms with Crippen LogP contribution >= 0.6 is 27.7 Å². The van der Waals surface area contributed by atoms with Crippen molar-refractivity contribution in [1.82, 2.24) is 30.8 Å². The van der Waals surface area contributed by atoms with E-state index in [1.165, 1.54) is 0 Å². The van der Waals surface area contributed by atoms with E-state index in [2.05, 4.69) is 41.9 Å². The number of H-pyrrole nitrogens is 1. The minimum atomic E-state index is -0.849. The van der Waals surface area contributed by atoms with Gasteiger partial charge in [-0.1, -0.05) is 28.1 Å². The number of nitrogens with one attached hydrogen (secondary N) is 2. The van der Waals surface area contributed by atoms with Crippen molar-refractivity contribution in [3.05, 3.63) is 40.1 Å². The molecule has 4 atom stereocenters. The van der Waals surface area contributed by atoms with Crippen LogP contribution < -0.4 is 11.1 Å². The average Bonchev–Trinajstić information content (AvgIpc) is 3.23. The molecule has 0 saturated carbocycles. The number of β-lactam (4-membered cyclic amide) rings is 1. The zero-order chi connectivity index (χ0) is 19.3. The van der Waals surface area contributed by atoms with E-state index in [1.807, 2.05) is 26.0 Å². The molecule has 4 N–H and O–H groups in total. The molecule has 9 nitrogen and oxygen atoms in total. The number of nitrogens with zero attached hydrogens (tertiary/aromatic N) is 4. The maximum Gasteiger partial charge on any atom is 0.249 e. The summed E-state index contributed by atoms with van der Waals surface area (Å²) in [6.45, 7) is 4.06. The van der Waals surface area contributed by atoms with Crippen LogP contribution in [0.5, 0.6) is 0 Å². The number of aromatic amines is 1. The Morgan fingerprint density at radius 1 is 1.48 bits per heavy atom. The summed E-state index contributed by atoms with van der Waals surface area (Å²) < 4.78 is 0.540. The number of aromatic nitrogens is 4. The number of hydrogen-bond donors (Lipinski definition) is 3. The lowest BCUT2D eigenvalue weighted by Crippen LogP contribution is -2.68. The van der Waals surface area contributed by atoms with Gasteiger partial charge in [0.15, 0.2) is 5.82 Å². The highest BCUT2D eigenvalue weighted by Gasteiger charge is 2.63. The minimum absolute atomic E-state index is 0.158. The number of amides is 2. The molecule has 27 heavy (non-hydrogen) atoms. The number of fused-ring (bicyclic) bond motifs is 1. The van der Waals surface area contributed by atoms with Crippen molar-refractivity contribution in [2.45, 2.75) is 42.1 Å². The van der Waals surface area contributed by atoms with Gasteiger partial charge in [0.2, 0.25) is 11.8 Å². The molecular weight excluding hydrogens is 434 g/mol. The Labute approximate surface area is 167 Å². The van der Waals surface area contributed by atoms with Gasteiger partial charge < -0.3 is 16.0 Å². The van der Waals surface area contributed by atoms with Crippen LogP contribution in [0.2, 0.25) is 0 Å². The van der Waals surface area contributed by atoms with Crippen molar-refractivity contribution in [2.24, 2.45) is 5.73 Å². The lowest BCUT2D eigenvalue weighted by molar-refractivity contribution is -0.152. The van der Waals surface area contributed by atoms with Crippen LogP contribution in [0.3, 0.4) is 0 Å². The molecule has 3 unspecified atom stereocenters. The third-order valence-corrected chi connectivity index (χ3v) is 6.91. The molecule has 142 valence electrons. The third kappa shape index (κ3) is 3.03. The molecule has 1 aromatic heterocycles. The second-order valence-electron chi connectivity index (χ2n) is 7.07. The second kappa shape index (κ2) is 6.57. The van der Waals surface area contributed by atoms with Crippen LogP contribution in [0, 0.1) is 0 Å². The van der Waals surface area contributed by atoms with Crippen molar-refractivity contribution < 1.29 is 9.59 Å². The molecule has 0 radical (unpaired) electrons. The number of rotatable bonds is 4. The quantitative estimate of drug-likeness (QED) is 0.588. The number of nitrogens with two attached hydrogens (primary N) is 1. The summed E-state index contributed by atoms with van der Waals surface area (Å²) in [4.78, 5) is 27.1. The molecular formula is C16H18BrN7O2S. The lowest BCUT2D eigenvalue weighted by Gasteiger charge is -2.44. The highest BCUT2D eigenvalue weighted by molar-refractivity contribution is 9.10. The van der Waals surface area contributed by atoms with Crippen LogP contribution in [0.15, 0.2) is 28.7 Å². The van der Waals surface area contributed by atoms with Crippen LogP contribution in [0.4, 0.5) is 0 Å². The van der Waals surface area contributed by atoms with E-state index < -0.39 is 12.1 Å². The standard InChI is InChI=1S/C16H18BrN7O2S/c1-16(2)11(12-20-22-23-21-12)24-14(26)10(15(24)27-16)19-13(25)9(18)7-4-3-5-8(17)6-7/h3-6,9-11,15H,18H2,1-2H3,(H,19,25)(H,20,21,22,23)/t9?,10?,11?,15-/m0/s1. The van der Waals surface area contributed by atoms with Gasteiger partial charge in [-0.2, -0.15) is 0 Å². The molecule has 2 fully saturated rings. The van der Waals surface area contributed by atoms with Gasteiger partial charge in [-0.3, -0.25) is 9.59 Å². The average molecular weight is 452 g/mol. The molecule has 0 spiro atoms. The summed E-state index contributed by atoms with van der Waals surface area (Å²) in [5.41, 5.74) is 6.76. The second-order valence-corrected chi connectivity index (χ2v) is 9.75. The van der Waals surface area contributed by atoms with Gasteiger partial charge >= 0.3 is 0 Å². The first-order valence-corrected chi connectivity index (χ1v) is 10.0. The Kier molecular flexibility index (Phi) is 4.47. The lowest BCUT2D eigenvalue weighted by atomic mass is 9.95. The number of carbonyl (C=O) groups excluding carboxylic acids is 2. The molecule has 2 aliphatic heterocycles. The fourth-order valence-electron chi connectivity index (χ4n) is 3.57. The number of tetrazole rings is 1. The smallest absolute Gasteiger partial charge is 0.249 e. The molecule has 1 aromatic carbocycles. The maximum atomic E-state index is 12.8. The Morgan fingerprint density at radius 3 is 2.93 bits per heavy atom. The van der Waals surface area contributed by atoms with Crippen LogP contribution in [-0.4, -0.2) is 53.5 Å². The van der Waals surface area contributed by atoms with E-state index in [-0.39, 0.29) is 28.0 Å². The number of carbonyl (C=O) groups is 2. The van der Waals surface area contributed by atoms with E-state index in [9.17, 15) is 9.59 Å². The maximum absolute atomic E-state index is 12.8. The van der Waals surface area contributed by atoms with Crippen molar-refractivity contribution in [3.63, 3.8) is 0 Å². The topological polar surface area (TPSA) is 130 Å². The van der Waals surface area contributed by atoms with Crippen LogP contribution in [0.25, 0.3) is 0 Å². The van der Waals surface area contributed by atoms with E-state index in [0.717, 1.165) is 4.47 Å². The number of halogens is 1. The Hall–Kier alpha value is -1.98. The number of thioether (sulfide) groups is 1. The van der Waals surface area contributed by atoms with Gasteiger partial charge in [-0.25, -0.2) is 5.10 Å². The molecule has 11 heteroatoms. The van der Waals surface area contributed by atoms with Gasteiger partial charge in [0.1, 0.15) is 23.5 Å². The number of hydrogen-bond acceptors (Lipinski definition) is 7. The molecule has 2 saturated heterocycles. The molecule has 4 rings (SSSR count). The third-order valence-electron chi connectivity index (χ3n) is 4.85. The normalized spacial score (nSPS) is 27.0. The van der Waals surface area contributed by atoms with E-state index in [0.29, 0.717) is 11.4 Å². The predicted octanol–water partition coefficient (Wildman–Crippen LogP) is 0.882. The summed E-state index contributed by atoms with van der Waals surface area (Å²) in [6.07, 6.45) is 0. The van der Waals surface area contributed by atoms with Gasteiger partial charge in [-0.15, -0.1) is 16.9 Å². The molecule has 0 bridgehead atoms. The van der Waals surface area contributed by atoms with E-state index >= 15 is 0 Å². The number of benzene rings is 1. The zero-order valence-electron chi connectivity index (χ0n) is 14.6. The van der Waals surface area contributed by atoms with Crippen LogP contribution in [0.1, 0.15) is 37.3 Å². The van der Waals surface area contributed by atoms with Crippen molar-refractivity contribution in [3.8, 4) is 0 Å². The fraction of sp³-hybridized carbons (Fsp3) is 0.438. The van der Waals surface area contributed by atoms with Crippen molar-refractivity contribution in [2.75, 3.05) is 0 Å². The predicted molar refractivity (Wildman–Crippen MR) is 102 cm³/mol. The van der Waals surface area contributed by atoms with Crippen molar-refractivity contribution >= 4 is 39.5 Å². The fourth-order valence-corrected chi connectivity index (χ4v) is 5.62. The molecule has 3 heterocycles. The van der Waals surface area contributed by atoms with Gasteiger partial charge in [-0.05, 0) is 42.0 Å². The monoisotopic (exact) mass is 451 g/mol. The SMILES string of the molecule is CC1(C)S[C@H]2C(NC(=O)C(N)c3cccc(Br)c3)C(=O)N2C1c1nnn[nH]1. The summed E-state index contributed by atoms with van der Waals surface area (Å²) >= 11 is 4.98. The summed E-state index contributed by atoms with van der Waals surface area (Å²) in [5, 5.41) is 16.6. The molecule has 2 aromatic rings. The van der Waals surface area contributed by atoms with Crippen LogP contribution in [-0.2, 0) is 9.59 Å². The molecule has 0 aliphatic carbocycles. The Morgan fingerprint density at radius 2 is 2.26 bits per heavy atom. The van der Waals surface area contributed by atoms with Gasteiger partial charge in [0, 0.05) is 9.22 Å². The summed E-state index contributed by atoms with van der Waals surface area (Å²) in [6, 6.07) is 5.51. The first kappa shape index (κ1) is 18.4. The van der Waals surface area contributed by atoms with E-state index in [4.69, 9.17) is 5.73 Å². The highest BCUT2D eigenvalue weighted by Crippen LogP contribution is 2.56. The summed E-state index contributed by atoms with van der Waals surface area (Å²) in [7, 11) is 0. The first-order chi connectivity index (χ1) is 12.8. The Bertz CT molecular complexity index is 891. The summed E-state index contributed by atoms with van der Waals surface area (Å²) in [5.74, 6) is 0.00233. The van der Waals surface area contributed by atoms with Gasteiger partial charge in [0.05, 0.1) is 0 Å². The largest absolute Gasteiger partial charge is 0.340 e. The molecule has 2 amide bonds. The van der Waals surface area contributed by atoms with E-state index in [1.54, 1.807) is 28.8 Å². The minimum Gasteiger partial charge on any atom is -0.340 e. The Balaban J connectivity index is 1.49. The molecule has 2 aliphatic rings. The first-order valence-electron chi connectivity index (χ1n) is 8.34. The van der Waals surface area contributed by atoms with Gasteiger partial charge in [0.25, 0.3) is 0 Å². The zero-order valence-corrected chi connectivity index (χ0v) is 17.0. The highest BCUT2D eigenvalue weighted by atomic mass is 79.9. The van der Waals surface area contributed by atoms with Crippen molar-refractivity contribution in [1.29, 1.82) is 0 Å².